The lowest BCUT2D eigenvalue weighted by Crippen LogP contribution is -2.44. The SMILES string of the molecule is CCC1CCN(C(c2ccncc2)C(N)CC)CC1. The van der Waals surface area contributed by atoms with Crippen LogP contribution in [0.1, 0.15) is 51.1 Å². The van der Waals surface area contributed by atoms with Crippen LogP contribution in [0, 0.1) is 5.92 Å². The Morgan fingerprint density at radius 1 is 1.26 bits per heavy atom. The van der Waals surface area contributed by atoms with E-state index in [1.165, 1.54) is 37.9 Å². The van der Waals surface area contributed by atoms with Gasteiger partial charge in [0.1, 0.15) is 0 Å². The highest BCUT2D eigenvalue weighted by molar-refractivity contribution is 5.17. The molecule has 0 saturated carbocycles. The van der Waals surface area contributed by atoms with Crippen LogP contribution < -0.4 is 5.73 Å². The average molecular weight is 261 g/mol. The monoisotopic (exact) mass is 261 g/mol. The molecular weight excluding hydrogens is 234 g/mol. The standard InChI is InChI=1S/C16H27N3/c1-3-13-7-11-19(12-8-13)16(15(17)4-2)14-5-9-18-10-6-14/h5-6,9-10,13,15-16H,3-4,7-8,11-12,17H2,1-2H3. The summed E-state index contributed by atoms with van der Waals surface area (Å²) in [4.78, 5) is 6.70. The Kier molecular flexibility index (Phi) is 5.34. The molecule has 1 saturated heterocycles. The van der Waals surface area contributed by atoms with Crippen LogP contribution in [0.3, 0.4) is 0 Å². The number of hydrogen-bond acceptors (Lipinski definition) is 3. The molecule has 0 aliphatic carbocycles. The average Bonchev–Trinajstić information content (AvgIpc) is 2.49. The molecule has 0 spiro atoms. The summed E-state index contributed by atoms with van der Waals surface area (Å²) in [6.45, 7) is 6.84. The molecule has 1 aromatic rings. The van der Waals surface area contributed by atoms with Crippen molar-refractivity contribution in [3.8, 4) is 0 Å². The molecule has 19 heavy (non-hydrogen) atoms. The summed E-state index contributed by atoms with van der Waals surface area (Å²) in [7, 11) is 0. The van der Waals surface area contributed by atoms with Crippen molar-refractivity contribution in [2.45, 2.75) is 51.6 Å². The number of nitrogens with two attached hydrogens (primary N) is 1. The maximum atomic E-state index is 6.39. The maximum Gasteiger partial charge on any atom is 0.0500 e. The van der Waals surface area contributed by atoms with Crippen LogP contribution in [0.4, 0.5) is 0 Å². The van der Waals surface area contributed by atoms with Gasteiger partial charge in [0.25, 0.3) is 0 Å². The number of pyridine rings is 1. The second-order valence-corrected chi connectivity index (χ2v) is 5.69. The molecule has 1 aromatic heterocycles. The first-order chi connectivity index (χ1) is 9.26. The zero-order valence-electron chi connectivity index (χ0n) is 12.3. The number of likely N-dealkylation sites (tertiary alicyclic amines) is 1. The highest BCUT2D eigenvalue weighted by Gasteiger charge is 2.28. The Balaban J connectivity index is 2.11. The Hall–Kier alpha value is -0.930. The van der Waals surface area contributed by atoms with Gasteiger partial charge in [-0.15, -0.1) is 0 Å². The first-order valence-electron chi connectivity index (χ1n) is 7.65. The number of rotatable bonds is 5. The first-order valence-corrected chi connectivity index (χ1v) is 7.65. The summed E-state index contributed by atoms with van der Waals surface area (Å²) in [6.07, 6.45) is 8.71. The summed E-state index contributed by atoms with van der Waals surface area (Å²) < 4.78 is 0. The Labute approximate surface area is 117 Å². The summed E-state index contributed by atoms with van der Waals surface area (Å²) in [5.41, 5.74) is 7.70. The van der Waals surface area contributed by atoms with Gasteiger partial charge < -0.3 is 5.73 Å². The molecule has 2 atom stereocenters. The molecule has 2 unspecified atom stereocenters. The Morgan fingerprint density at radius 2 is 1.89 bits per heavy atom. The molecule has 3 nitrogen and oxygen atoms in total. The summed E-state index contributed by atoms with van der Waals surface area (Å²) in [5, 5.41) is 0. The van der Waals surface area contributed by atoms with Gasteiger partial charge >= 0.3 is 0 Å². The highest BCUT2D eigenvalue weighted by atomic mass is 15.2. The van der Waals surface area contributed by atoms with Crippen molar-refractivity contribution in [1.82, 2.24) is 9.88 Å². The van der Waals surface area contributed by atoms with Gasteiger partial charge in [0, 0.05) is 24.5 Å². The zero-order chi connectivity index (χ0) is 13.7. The van der Waals surface area contributed by atoms with Gasteiger partial charge in [0.05, 0.1) is 0 Å². The lowest BCUT2D eigenvalue weighted by molar-refractivity contribution is 0.113. The Morgan fingerprint density at radius 3 is 2.42 bits per heavy atom. The molecule has 3 heteroatoms. The zero-order valence-corrected chi connectivity index (χ0v) is 12.3. The van der Waals surface area contributed by atoms with Gasteiger partial charge in [-0.1, -0.05) is 20.3 Å². The second-order valence-electron chi connectivity index (χ2n) is 5.69. The largest absolute Gasteiger partial charge is 0.326 e. The van der Waals surface area contributed by atoms with E-state index in [4.69, 9.17) is 5.73 Å². The van der Waals surface area contributed by atoms with E-state index in [9.17, 15) is 0 Å². The summed E-state index contributed by atoms with van der Waals surface area (Å²) >= 11 is 0. The minimum Gasteiger partial charge on any atom is -0.326 e. The third-order valence-electron chi connectivity index (χ3n) is 4.54. The topological polar surface area (TPSA) is 42.2 Å². The van der Waals surface area contributed by atoms with E-state index in [0.717, 1.165) is 12.3 Å². The first kappa shape index (κ1) is 14.5. The number of hydrogen-bond donors (Lipinski definition) is 1. The fourth-order valence-electron chi connectivity index (χ4n) is 3.15. The number of piperidine rings is 1. The third-order valence-corrected chi connectivity index (χ3v) is 4.54. The summed E-state index contributed by atoms with van der Waals surface area (Å²) in [6, 6.07) is 4.80. The molecule has 0 bridgehead atoms. The molecule has 2 rings (SSSR count). The lowest BCUT2D eigenvalue weighted by atomic mass is 9.90. The van der Waals surface area contributed by atoms with Crippen molar-refractivity contribution in [1.29, 1.82) is 0 Å². The van der Waals surface area contributed by atoms with E-state index in [1.807, 2.05) is 12.4 Å². The van der Waals surface area contributed by atoms with Crippen LogP contribution >= 0.6 is 0 Å². The molecule has 106 valence electrons. The van der Waals surface area contributed by atoms with E-state index in [0.29, 0.717) is 6.04 Å². The quantitative estimate of drug-likeness (QED) is 0.886. The van der Waals surface area contributed by atoms with Crippen LogP contribution in [0.25, 0.3) is 0 Å². The molecule has 2 heterocycles. The molecule has 0 radical (unpaired) electrons. The molecule has 1 fully saturated rings. The van der Waals surface area contributed by atoms with Gasteiger partial charge in [0.15, 0.2) is 0 Å². The molecule has 1 aliphatic heterocycles. The van der Waals surface area contributed by atoms with Gasteiger partial charge in [-0.25, -0.2) is 0 Å². The van der Waals surface area contributed by atoms with Crippen molar-refractivity contribution in [2.24, 2.45) is 11.7 Å². The van der Waals surface area contributed by atoms with Gasteiger partial charge in [-0.05, 0) is 56.0 Å². The van der Waals surface area contributed by atoms with E-state index >= 15 is 0 Å². The van der Waals surface area contributed by atoms with Gasteiger partial charge in [-0.2, -0.15) is 0 Å². The summed E-state index contributed by atoms with van der Waals surface area (Å²) in [5.74, 6) is 0.909. The fraction of sp³-hybridized carbons (Fsp3) is 0.688. The number of nitrogens with zero attached hydrogens (tertiary/aromatic N) is 2. The smallest absolute Gasteiger partial charge is 0.0500 e. The highest BCUT2D eigenvalue weighted by Crippen LogP contribution is 2.30. The molecule has 0 amide bonds. The third kappa shape index (κ3) is 3.54. The van der Waals surface area contributed by atoms with Crippen LogP contribution in [0.5, 0.6) is 0 Å². The maximum absolute atomic E-state index is 6.39. The van der Waals surface area contributed by atoms with Gasteiger partial charge in [-0.3, -0.25) is 9.88 Å². The van der Waals surface area contributed by atoms with E-state index in [1.54, 1.807) is 0 Å². The van der Waals surface area contributed by atoms with Crippen molar-refractivity contribution >= 4 is 0 Å². The van der Waals surface area contributed by atoms with Crippen LogP contribution in [-0.4, -0.2) is 29.0 Å². The van der Waals surface area contributed by atoms with E-state index < -0.39 is 0 Å². The molecule has 2 N–H and O–H groups in total. The lowest BCUT2D eigenvalue weighted by Gasteiger charge is -2.40. The molecule has 0 aromatic carbocycles. The van der Waals surface area contributed by atoms with Crippen LogP contribution in [-0.2, 0) is 0 Å². The Bertz CT molecular complexity index is 358. The van der Waals surface area contributed by atoms with Crippen molar-refractivity contribution < 1.29 is 0 Å². The van der Waals surface area contributed by atoms with E-state index in [2.05, 4.69) is 35.9 Å². The van der Waals surface area contributed by atoms with Crippen molar-refractivity contribution in [3.63, 3.8) is 0 Å². The molecule has 1 aliphatic rings. The van der Waals surface area contributed by atoms with Crippen LogP contribution in [0.15, 0.2) is 24.5 Å². The minimum absolute atomic E-state index is 0.209. The molecular formula is C16H27N3. The normalized spacial score (nSPS) is 21.2. The second kappa shape index (κ2) is 7.01. The van der Waals surface area contributed by atoms with Crippen molar-refractivity contribution in [3.05, 3.63) is 30.1 Å². The van der Waals surface area contributed by atoms with E-state index in [-0.39, 0.29) is 6.04 Å². The van der Waals surface area contributed by atoms with Crippen LogP contribution in [0.2, 0.25) is 0 Å². The predicted octanol–water partition coefficient (Wildman–Crippen LogP) is 2.98. The fourth-order valence-corrected chi connectivity index (χ4v) is 3.15. The minimum atomic E-state index is 0.209. The number of aromatic nitrogens is 1. The predicted molar refractivity (Wildman–Crippen MR) is 79.8 cm³/mol. The van der Waals surface area contributed by atoms with Crippen molar-refractivity contribution in [2.75, 3.05) is 13.1 Å². The van der Waals surface area contributed by atoms with Gasteiger partial charge in [0.2, 0.25) is 0 Å².